The Hall–Kier alpha value is -3.10. The van der Waals surface area contributed by atoms with Crippen LogP contribution >= 0.6 is 0 Å². The molecule has 5 rings (SSSR count). The van der Waals surface area contributed by atoms with Gasteiger partial charge < -0.3 is 28.9 Å². The van der Waals surface area contributed by atoms with Crippen molar-refractivity contribution in [3.8, 4) is 16.9 Å². The summed E-state index contributed by atoms with van der Waals surface area (Å²) in [6.45, 7) is 15.5. The van der Waals surface area contributed by atoms with Gasteiger partial charge in [0.15, 0.2) is 17.7 Å². The summed E-state index contributed by atoms with van der Waals surface area (Å²) in [7, 11) is 4.12. The maximum atomic E-state index is 15.6. The second kappa shape index (κ2) is 10.4. The molecule has 0 amide bonds. The Labute approximate surface area is 236 Å². The minimum atomic E-state index is -1.23. The van der Waals surface area contributed by atoms with E-state index < -0.39 is 23.5 Å². The van der Waals surface area contributed by atoms with Gasteiger partial charge >= 0.3 is 5.97 Å². The Morgan fingerprint density at radius 3 is 2.55 bits per heavy atom. The molecule has 7 nitrogen and oxygen atoms in total. The summed E-state index contributed by atoms with van der Waals surface area (Å²) < 4.78 is 30.0. The van der Waals surface area contributed by atoms with Crippen molar-refractivity contribution >= 4 is 22.6 Å². The summed E-state index contributed by atoms with van der Waals surface area (Å²) in [4.78, 5) is 17.5. The lowest BCUT2D eigenvalue weighted by atomic mass is 9.83. The molecule has 0 spiro atoms. The zero-order valence-electron chi connectivity index (χ0n) is 25.1. The van der Waals surface area contributed by atoms with Crippen LogP contribution in [0.1, 0.15) is 61.2 Å². The first kappa shape index (κ1) is 28.4. The average Bonchev–Trinajstić information content (AvgIpc) is 3.21. The minimum Gasteiger partial charge on any atom is -0.490 e. The summed E-state index contributed by atoms with van der Waals surface area (Å²) in [5.41, 5.74) is 7.21. The van der Waals surface area contributed by atoms with Gasteiger partial charge in [-0.15, -0.1) is 0 Å². The molecule has 2 aromatic carbocycles. The third-order valence-corrected chi connectivity index (χ3v) is 8.22. The predicted octanol–water partition coefficient (Wildman–Crippen LogP) is 6.02. The van der Waals surface area contributed by atoms with Gasteiger partial charge in [-0.3, -0.25) is 0 Å². The van der Waals surface area contributed by atoms with Gasteiger partial charge in [0.2, 0.25) is 0 Å². The van der Waals surface area contributed by atoms with Gasteiger partial charge in [-0.1, -0.05) is 0 Å². The van der Waals surface area contributed by atoms with E-state index in [9.17, 15) is 9.90 Å². The highest BCUT2D eigenvalue weighted by atomic mass is 19.1. The summed E-state index contributed by atoms with van der Waals surface area (Å²) in [5.74, 6) is -1.14. The lowest BCUT2D eigenvalue weighted by Gasteiger charge is -2.36. The summed E-state index contributed by atoms with van der Waals surface area (Å²) >= 11 is 0. The Balaban J connectivity index is 1.90. The number of likely N-dealkylation sites (N-methyl/N-ethyl adjacent to an activating group) is 1. The van der Waals surface area contributed by atoms with Crippen molar-refractivity contribution in [1.82, 2.24) is 9.47 Å². The van der Waals surface area contributed by atoms with Crippen LogP contribution in [0.25, 0.3) is 22.0 Å². The van der Waals surface area contributed by atoms with Crippen LogP contribution in [0.2, 0.25) is 0 Å². The fourth-order valence-corrected chi connectivity index (χ4v) is 6.43. The molecular weight excluding hydrogens is 509 g/mol. The number of halogens is 1. The van der Waals surface area contributed by atoms with Crippen molar-refractivity contribution in [2.45, 2.75) is 72.6 Å². The number of carbonyl (C=O) groups is 1. The van der Waals surface area contributed by atoms with Gasteiger partial charge in [0.25, 0.3) is 0 Å². The van der Waals surface area contributed by atoms with Gasteiger partial charge in [-0.2, -0.15) is 0 Å². The number of ether oxygens (including phenoxy) is 2. The van der Waals surface area contributed by atoms with E-state index in [2.05, 4.69) is 41.5 Å². The molecule has 0 bridgehead atoms. The fraction of sp³-hybridized carbons (Fsp3) is 0.531. The van der Waals surface area contributed by atoms with Gasteiger partial charge in [-0.05, 0) is 103 Å². The van der Waals surface area contributed by atoms with Crippen LogP contribution in [-0.2, 0) is 22.5 Å². The number of aromatic nitrogens is 1. The number of carboxylic acids is 1. The first-order valence-corrected chi connectivity index (χ1v) is 14.2. The molecule has 0 radical (unpaired) electrons. The second-order valence-corrected chi connectivity index (χ2v) is 12.5. The van der Waals surface area contributed by atoms with Crippen LogP contribution in [0.15, 0.2) is 12.1 Å². The third kappa shape index (κ3) is 4.85. The van der Waals surface area contributed by atoms with Crippen LogP contribution in [0, 0.1) is 26.6 Å². The van der Waals surface area contributed by atoms with E-state index in [1.165, 1.54) is 6.07 Å². The summed E-state index contributed by atoms with van der Waals surface area (Å²) in [6, 6.07) is 3.67. The number of fused-ring (bicyclic) bond motifs is 1. The Morgan fingerprint density at radius 2 is 1.90 bits per heavy atom. The van der Waals surface area contributed by atoms with Gasteiger partial charge in [0.1, 0.15) is 0 Å². The number of rotatable bonds is 7. The quantitative estimate of drug-likeness (QED) is 0.387. The molecule has 3 heterocycles. The number of hydrogen-bond acceptors (Lipinski definition) is 5. The highest BCUT2D eigenvalue weighted by molar-refractivity contribution is 6.08. The van der Waals surface area contributed by atoms with E-state index in [1.54, 1.807) is 0 Å². The fourth-order valence-electron chi connectivity index (χ4n) is 6.43. The van der Waals surface area contributed by atoms with Crippen molar-refractivity contribution < 1.29 is 23.8 Å². The number of benzene rings is 2. The Morgan fingerprint density at radius 1 is 1.18 bits per heavy atom. The topological polar surface area (TPSA) is 67.2 Å². The van der Waals surface area contributed by atoms with Crippen molar-refractivity contribution in [2.24, 2.45) is 0 Å². The molecule has 1 aromatic heterocycles. The zero-order valence-corrected chi connectivity index (χ0v) is 25.1. The maximum Gasteiger partial charge on any atom is 0.337 e. The van der Waals surface area contributed by atoms with E-state index in [0.717, 1.165) is 83.6 Å². The van der Waals surface area contributed by atoms with Crippen LogP contribution < -0.4 is 9.64 Å². The number of hydrogen-bond donors (Lipinski definition) is 1. The van der Waals surface area contributed by atoms with Crippen LogP contribution in [-0.4, -0.2) is 66.5 Å². The molecule has 2 aliphatic heterocycles. The molecule has 1 atom stereocenters. The van der Waals surface area contributed by atoms with E-state index in [1.807, 2.05) is 34.6 Å². The monoisotopic (exact) mass is 551 g/mol. The Bertz CT molecular complexity index is 1480. The predicted molar refractivity (Wildman–Crippen MR) is 157 cm³/mol. The molecule has 0 saturated carbocycles. The van der Waals surface area contributed by atoms with E-state index in [0.29, 0.717) is 23.5 Å². The molecular formula is C32H42FN3O4. The van der Waals surface area contributed by atoms with Gasteiger partial charge in [0.05, 0.1) is 23.4 Å². The van der Waals surface area contributed by atoms with E-state index in [4.69, 9.17) is 9.47 Å². The highest BCUT2D eigenvalue weighted by Crippen LogP contribution is 2.50. The molecule has 8 heteroatoms. The number of nitrogens with zero attached hydrogens (tertiary/aromatic N) is 3. The molecule has 0 aliphatic carbocycles. The summed E-state index contributed by atoms with van der Waals surface area (Å²) in [5, 5.41) is 11.5. The standard InChI is InChI=1S/C32H42FN3O4/c1-18-16-23-26(22-17-24(33)29-21(19(22)2)10-9-15-39-29)25(30(31(37)38)40-32(4,5)6)20(3)27-28(23)36(18)14-13-35(27)12-11-34(7)8/h16-17,30H,9-15H2,1-8H3,(H,37,38)/t30-/m0/s1. The number of anilines is 1. The van der Waals surface area contributed by atoms with E-state index in [-0.39, 0.29) is 0 Å². The molecule has 0 saturated heterocycles. The highest BCUT2D eigenvalue weighted by Gasteiger charge is 2.37. The second-order valence-electron chi connectivity index (χ2n) is 12.5. The zero-order chi connectivity index (χ0) is 29.1. The average molecular weight is 552 g/mol. The lowest BCUT2D eigenvalue weighted by Crippen LogP contribution is -2.38. The minimum absolute atomic E-state index is 0.323. The first-order chi connectivity index (χ1) is 18.8. The number of aryl methyl sites for hydroxylation is 1. The van der Waals surface area contributed by atoms with Crippen LogP contribution in [0.4, 0.5) is 10.1 Å². The van der Waals surface area contributed by atoms with Crippen molar-refractivity contribution in [3.63, 3.8) is 0 Å². The van der Waals surface area contributed by atoms with Crippen LogP contribution in [0.5, 0.6) is 5.75 Å². The first-order valence-electron chi connectivity index (χ1n) is 14.2. The van der Waals surface area contributed by atoms with Crippen molar-refractivity contribution in [2.75, 3.05) is 45.2 Å². The smallest absolute Gasteiger partial charge is 0.337 e. The molecule has 2 aliphatic rings. The largest absolute Gasteiger partial charge is 0.490 e. The molecule has 1 N–H and O–H groups in total. The van der Waals surface area contributed by atoms with Gasteiger partial charge in [0, 0.05) is 48.4 Å². The maximum absolute atomic E-state index is 15.6. The third-order valence-electron chi connectivity index (χ3n) is 8.22. The van der Waals surface area contributed by atoms with Gasteiger partial charge in [-0.25, -0.2) is 9.18 Å². The SMILES string of the molecule is Cc1c(-c2c([C@H](OC(C)(C)C)C(=O)O)c(C)c3c4c2cc(C)n4CCN3CCN(C)C)cc(F)c2c1CCCO2. The normalized spacial score (nSPS) is 15.9. The molecule has 40 heavy (non-hydrogen) atoms. The summed E-state index contributed by atoms with van der Waals surface area (Å²) in [6.07, 6.45) is 0.311. The molecule has 0 unspecified atom stereocenters. The van der Waals surface area contributed by atoms with Crippen molar-refractivity contribution in [3.05, 3.63) is 45.9 Å². The Kier molecular flexibility index (Phi) is 7.38. The van der Waals surface area contributed by atoms with E-state index >= 15 is 4.39 Å². The molecule has 0 fully saturated rings. The molecule has 216 valence electrons. The van der Waals surface area contributed by atoms with Crippen molar-refractivity contribution in [1.29, 1.82) is 0 Å². The van der Waals surface area contributed by atoms with Crippen LogP contribution in [0.3, 0.4) is 0 Å². The number of aliphatic carboxylic acids is 1. The lowest BCUT2D eigenvalue weighted by molar-refractivity contribution is -0.160. The number of carboxylic acid groups (broad SMARTS) is 1. The molecule has 3 aromatic rings.